The Morgan fingerprint density at radius 2 is 2.10 bits per heavy atom. The lowest BCUT2D eigenvalue weighted by Gasteiger charge is -2.17. The molecule has 162 valence electrons. The number of rotatable bonds is 8. The van der Waals surface area contributed by atoms with Crippen LogP contribution in [0.3, 0.4) is 0 Å². The maximum Gasteiger partial charge on any atom is 0.271 e. The Hall–Kier alpha value is -3.34. The number of benzene rings is 1. The van der Waals surface area contributed by atoms with Gasteiger partial charge in [0.05, 0.1) is 29.2 Å². The number of non-ortho nitro benzene ring substituents is 1. The molecule has 4 rings (SSSR count). The quantitative estimate of drug-likeness (QED) is 0.320. The Morgan fingerprint density at radius 1 is 1.29 bits per heavy atom. The minimum atomic E-state index is -0.485. The molecule has 1 aliphatic heterocycles. The van der Waals surface area contributed by atoms with Crippen LogP contribution in [-0.2, 0) is 11.3 Å². The fraction of sp³-hybridized carbons (Fsp3) is 0.350. The number of nitrogens with one attached hydrogen (secondary N) is 1. The van der Waals surface area contributed by atoms with Crippen molar-refractivity contribution in [3.63, 3.8) is 0 Å². The van der Waals surface area contributed by atoms with Crippen LogP contribution in [0.5, 0.6) is 0 Å². The summed E-state index contributed by atoms with van der Waals surface area (Å²) in [5, 5.41) is 23.0. The van der Waals surface area contributed by atoms with Gasteiger partial charge in [0, 0.05) is 25.2 Å². The first-order chi connectivity index (χ1) is 15.0. The van der Waals surface area contributed by atoms with Crippen LogP contribution in [0, 0.1) is 17.0 Å². The average Bonchev–Trinajstić information content (AvgIpc) is 3.50. The smallest absolute Gasteiger partial charge is 0.271 e. The van der Waals surface area contributed by atoms with Crippen LogP contribution in [0.1, 0.15) is 24.2 Å². The molecule has 1 aliphatic rings. The molecule has 0 bridgehead atoms. The zero-order valence-corrected chi connectivity index (χ0v) is 17.8. The van der Waals surface area contributed by atoms with Crippen LogP contribution in [0.25, 0.3) is 0 Å². The lowest BCUT2D eigenvalue weighted by atomic mass is 10.2. The maximum atomic E-state index is 12.5. The number of anilines is 2. The van der Waals surface area contributed by atoms with Crippen LogP contribution in [0.2, 0.25) is 0 Å². The third kappa shape index (κ3) is 4.88. The van der Waals surface area contributed by atoms with E-state index in [9.17, 15) is 14.9 Å². The molecule has 0 spiro atoms. The van der Waals surface area contributed by atoms with E-state index in [1.807, 2.05) is 16.7 Å². The number of aromatic nitrogens is 3. The summed E-state index contributed by atoms with van der Waals surface area (Å²) < 4.78 is 7.45. The summed E-state index contributed by atoms with van der Waals surface area (Å²) in [4.78, 5) is 25.2. The molecule has 0 atom stereocenters. The summed E-state index contributed by atoms with van der Waals surface area (Å²) in [6.45, 7) is 4.11. The highest BCUT2D eigenvalue weighted by molar-refractivity contribution is 7.99. The molecule has 10 nitrogen and oxygen atoms in total. The van der Waals surface area contributed by atoms with Gasteiger partial charge in [-0.3, -0.25) is 19.5 Å². The van der Waals surface area contributed by atoms with Crippen molar-refractivity contribution in [2.24, 2.45) is 0 Å². The van der Waals surface area contributed by atoms with Crippen molar-refractivity contribution in [1.82, 2.24) is 14.8 Å². The van der Waals surface area contributed by atoms with Crippen molar-refractivity contribution < 1.29 is 14.1 Å². The largest absolute Gasteiger partial charge is 0.467 e. The first-order valence-electron chi connectivity index (χ1n) is 9.89. The van der Waals surface area contributed by atoms with Crippen molar-refractivity contribution in [1.29, 1.82) is 0 Å². The number of hydrogen-bond acceptors (Lipinski definition) is 8. The van der Waals surface area contributed by atoms with Gasteiger partial charge >= 0.3 is 0 Å². The average molecular weight is 443 g/mol. The first kappa shape index (κ1) is 20.9. The van der Waals surface area contributed by atoms with E-state index >= 15 is 0 Å². The lowest BCUT2D eigenvalue weighted by Crippen LogP contribution is -2.23. The Kier molecular flexibility index (Phi) is 6.21. The SMILES string of the molecule is Cc1ccc([N+](=O)[O-])cc1NC(=O)CSc1nnc(N2CCCC2)n1Cc1ccco1. The zero-order chi connectivity index (χ0) is 21.8. The standard InChI is InChI=1S/C20H22N6O4S/c1-14-6-7-15(26(28)29)11-17(14)21-18(27)13-31-20-23-22-19(24-8-2-3-9-24)25(20)12-16-5-4-10-30-16/h4-7,10-11H,2-3,8-9,12-13H2,1H3,(H,21,27). The van der Waals surface area contributed by atoms with Crippen LogP contribution < -0.4 is 10.2 Å². The second-order valence-corrected chi connectivity index (χ2v) is 8.18. The lowest BCUT2D eigenvalue weighted by molar-refractivity contribution is -0.384. The number of furan rings is 1. The van der Waals surface area contributed by atoms with Crippen molar-refractivity contribution in [3.05, 3.63) is 58.0 Å². The molecule has 0 aliphatic carbocycles. The number of aryl methyl sites for hydroxylation is 1. The summed E-state index contributed by atoms with van der Waals surface area (Å²) in [6.07, 6.45) is 3.85. The normalized spacial score (nSPS) is 13.5. The molecule has 11 heteroatoms. The molecule has 1 saturated heterocycles. The van der Waals surface area contributed by atoms with Crippen molar-refractivity contribution in [2.45, 2.75) is 31.5 Å². The number of nitro groups is 1. The second-order valence-electron chi connectivity index (χ2n) is 7.24. The maximum absolute atomic E-state index is 12.5. The molecule has 1 amide bonds. The third-order valence-electron chi connectivity index (χ3n) is 5.02. The van der Waals surface area contributed by atoms with E-state index < -0.39 is 4.92 Å². The van der Waals surface area contributed by atoms with E-state index in [1.54, 1.807) is 19.3 Å². The molecular weight excluding hydrogens is 420 g/mol. The highest BCUT2D eigenvalue weighted by Crippen LogP contribution is 2.27. The number of carbonyl (C=O) groups is 1. The van der Waals surface area contributed by atoms with Crippen LogP contribution in [0.15, 0.2) is 46.2 Å². The van der Waals surface area contributed by atoms with Gasteiger partial charge in [-0.1, -0.05) is 17.8 Å². The zero-order valence-electron chi connectivity index (χ0n) is 17.0. The Balaban J connectivity index is 1.47. The summed E-state index contributed by atoms with van der Waals surface area (Å²) in [5.74, 6) is 1.37. The molecule has 2 aromatic heterocycles. The second kappa shape index (κ2) is 9.21. The van der Waals surface area contributed by atoms with E-state index in [0.717, 1.165) is 43.2 Å². The molecule has 1 fully saturated rings. The minimum absolute atomic E-state index is 0.0676. The minimum Gasteiger partial charge on any atom is -0.467 e. The van der Waals surface area contributed by atoms with Crippen LogP contribution >= 0.6 is 11.8 Å². The van der Waals surface area contributed by atoms with E-state index in [2.05, 4.69) is 20.4 Å². The molecule has 0 radical (unpaired) electrons. The van der Waals surface area contributed by atoms with Crippen LogP contribution in [0.4, 0.5) is 17.3 Å². The van der Waals surface area contributed by atoms with Gasteiger partial charge in [-0.05, 0) is 37.5 Å². The Labute approximate surface area is 182 Å². The molecule has 0 saturated carbocycles. The van der Waals surface area contributed by atoms with Crippen LogP contribution in [-0.4, -0.2) is 44.4 Å². The molecule has 0 unspecified atom stereocenters. The predicted molar refractivity (Wildman–Crippen MR) is 116 cm³/mol. The van der Waals surface area contributed by atoms with Crippen molar-refractivity contribution in [3.8, 4) is 0 Å². The van der Waals surface area contributed by atoms with E-state index in [1.165, 1.54) is 23.9 Å². The summed E-state index contributed by atoms with van der Waals surface area (Å²) in [6, 6.07) is 8.11. The highest BCUT2D eigenvalue weighted by Gasteiger charge is 2.22. The molecule has 1 N–H and O–H groups in total. The predicted octanol–water partition coefficient (Wildman–Crippen LogP) is 3.47. The number of amides is 1. The molecule has 3 aromatic rings. The van der Waals surface area contributed by atoms with E-state index in [0.29, 0.717) is 17.4 Å². The topological polar surface area (TPSA) is 119 Å². The van der Waals surface area contributed by atoms with Gasteiger partial charge in [0.15, 0.2) is 5.16 Å². The summed E-state index contributed by atoms with van der Waals surface area (Å²) >= 11 is 1.27. The Morgan fingerprint density at radius 3 is 2.81 bits per heavy atom. The fourth-order valence-electron chi connectivity index (χ4n) is 3.41. The van der Waals surface area contributed by atoms with Gasteiger partial charge in [-0.2, -0.15) is 0 Å². The number of carbonyl (C=O) groups excluding carboxylic acids is 1. The Bertz CT molecular complexity index is 1080. The summed E-state index contributed by atoms with van der Waals surface area (Å²) in [7, 11) is 0. The molecule has 3 heterocycles. The molecule has 1 aromatic carbocycles. The highest BCUT2D eigenvalue weighted by atomic mass is 32.2. The monoisotopic (exact) mass is 442 g/mol. The summed E-state index contributed by atoms with van der Waals surface area (Å²) in [5.41, 5.74) is 1.11. The fourth-order valence-corrected chi connectivity index (χ4v) is 4.14. The van der Waals surface area contributed by atoms with Gasteiger partial charge in [0.2, 0.25) is 11.9 Å². The third-order valence-corrected chi connectivity index (χ3v) is 5.99. The van der Waals surface area contributed by atoms with Gasteiger partial charge < -0.3 is 14.6 Å². The number of hydrogen-bond donors (Lipinski definition) is 1. The molecular formula is C20H22N6O4S. The van der Waals surface area contributed by atoms with Gasteiger partial charge in [0.25, 0.3) is 5.69 Å². The number of thioether (sulfide) groups is 1. The van der Waals surface area contributed by atoms with Gasteiger partial charge in [-0.25, -0.2) is 0 Å². The number of nitrogens with zero attached hydrogens (tertiary/aromatic N) is 5. The van der Waals surface area contributed by atoms with Gasteiger partial charge in [-0.15, -0.1) is 10.2 Å². The van der Waals surface area contributed by atoms with E-state index in [4.69, 9.17) is 4.42 Å². The van der Waals surface area contributed by atoms with E-state index in [-0.39, 0.29) is 17.3 Å². The molecule has 31 heavy (non-hydrogen) atoms. The number of nitro benzene ring substituents is 1. The van der Waals surface area contributed by atoms with Crippen molar-refractivity contribution in [2.75, 3.05) is 29.1 Å². The van der Waals surface area contributed by atoms with Crippen molar-refractivity contribution >= 4 is 35.0 Å². The van der Waals surface area contributed by atoms with Gasteiger partial charge in [0.1, 0.15) is 5.76 Å². The first-order valence-corrected chi connectivity index (χ1v) is 10.9.